The van der Waals surface area contributed by atoms with E-state index in [1.807, 2.05) is 0 Å². The van der Waals surface area contributed by atoms with E-state index in [0.29, 0.717) is 15.2 Å². The molecule has 0 amide bonds. The number of halogens is 2. The summed E-state index contributed by atoms with van der Waals surface area (Å²) in [6.45, 7) is 1.68. The highest BCUT2D eigenvalue weighted by atomic mass is 35.5. The molecule has 0 radical (unpaired) electrons. The number of carbonyl (C=O) groups excluding carboxylic acids is 1. The molecule has 0 N–H and O–H groups in total. The summed E-state index contributed by atoms with van der Waals surface area (Å²) in [5.74, 6) is -1.07. The van der Waals surface area contributed by atoms with Crippen LogP contribution in [0.3, 0.4) is 0 Å². The number of aromatic nitrogens is 1. The zero-order valence-corrected chi connectivity index (χ0v) is 16.4. The van der Waals surface area contributed by atoms with Gasteiger partial charge < -0.3 is 9.30 Å². The van der Waals surface area contributed by atoms with Crippen molar-refractivity contribution in [2.45, 2.75) is 18.4 Å². The molecule has 0 saturated carbocycles. The van der Waals surface area contributed by atoms with Crippen LogP contribution in [0.4, 0.5) is 4.39 Å². The summed E-state index contributed by atoms with van der Waals surface area (Å²) in [5.41, 5.74) is 0.602. The van der Waals surface area contributed by atoms with Crippen LogP contribution in [0.1, 0.15) is 6.92 Å². The van der Waals surface area contributed by atoms with Crippen LogP contribution < -0.4 is 4.80 Å². The van der Waals surface area contributed by atoms with Crippen molar-refractivity contribution < 1.29 is 22.3 Å². The van der Waals surface area contributed by atoms with Crippen molar-refractivity contribution in [2.24, 2.45) is 4.40 Å². The lowest BCUT2D eigenvalue weighted by atomic mass is 10.3. The Morgan fingerprint density at radius 1 is 1.26 bits per heavy atom. The van der Waals surface area contributed by atoms with Crippen LogP contribution in [0.15, 0.2) is 51.8 Å². The molecule has 0 spiro atoms. The first-order valence-electron chi connectivity index (χ1n) is 7.81. The molecule has 0 fully saturated rings. The first kappa shape index (κ1) is 19.5. The molecule has 3 aromatic rings. The van der Waals surface area contributed by atoms with E-state index in [1.54, 1.807) is 25.1 Å². The van der Waals surface area contributed by atoms with Crippen LogP contribution in [0, 0.1) is 5.82 Å². The van der Waals surface area contributed by atoms with Crippen LogP contribution in [-0.4, -0.2) is 25.6 Å². The van der Waals surface area contributed by atoms with Crippen LogP contribution in [-0.2, 0) is 26.1 Å². The van der Waals surface area contributed by atoms with Crippen molar-refractivity contribution in [2.75, 3.05) is 6.61 Å². The van der Waals surface area contributed by atoms with Gasteiger partial charge in [-0.2, -0.15) is 8.42 Å². The number of esters is 1. The van der Waals surface area contributed by atoms with Gasteiger partial charge in [0.15, 0.2) is 0 Å². The molecule has 27 heavy (non-hydrogen) atoms. The van der Waals surface area contributed by atoms with Crippen molar-refractivity contribution >= 4 is 49.1 Å². The largest absolute Gasteiger partial charge is 0.465 e. The minimum atomic E-state index is -4.10. The van der Waals surface area contributed by atoms with Gasteiger partial charge in [-0.05, 0) is 49.4 Å². The van der Waals surface area contributed by atoms with Crippen molar-refractivity contribution in [1.82, 2.24) is 4.57 Å². The maximum absolute atomic E-state index is 13.1. The highest BCUT2D eigenvalue weighted by molar-refractivity contribution is 7.90. The van der Waals surface area contributed by atoms with E-state index >= 15 is 0 Å². The topological polar surface area (TPSA) is 77.7 Å². The first-order chi connectivity index (χ1) is 12.8. The van der Waals surface area contributed by atoms with Crippen LogP contribution in [0.5, 0.6) is 0 Å². The van der Waals surface area contributed by atoms with E-state index < -0.39 is 21.8 Å². The molecule has 0 aliphatic rings. The first-order valence-corrected chi connectivity index (χ1v) is 10.4. The lowest BCUT2D eigenvalue weighted by Gasteiger charge is -2.05. The number of benzene rings is 2. The molecule has 0 aliphatic carbocycles. The van der Waals surface area contributed by atoms with Gasteiger partial charge in [0.25, 0.3) is 10.0 Å². The fraction of sp³-hybridized carbons (Fsp3) is 0.176. The lowest BCUT2D eigenvalue weighted by molar-refractivity contribution is -0.143. The van der Waals surface area contributed by atoms with Gasteiger partial charge in [-0.15, -0.1) is 4.40 Å². The van der Waals surface area contributed by atoms with Crippen LogP contribution >= 0.6 is 22.9 Å². The smallest absolute Gasteiger partial charge is 0.326 e. The number of nitrogens with zero attached hydrogens (tertiary/aromatic N) is 2. The maximum Gasteiger partial charge on any atom is 0.326 e. The summed E-state index contributed by atoms with van der Waals surface area (Å²) in [6, 6.07) is 9.32. The molecule has 0 aliphatic heterocycles. The Balaban J connectivity index is 2.18. The van der Waals surface area contributed by atoms with Gasteiger partial charge in [0.2, 0.25) is 4.80 Å². The van der Waals surface area contributed by atoms with E-state index in [-0.39, 0.29) is 22.8 Å². The second-order valence-electron chi connectivity index (χ2n) is 5.41. The second kappa shape index (κ2) is 7.79. The molecule has 0 saturated heterocycles. The van der Waals surface area contributed by atoms with Gasteiger partial charge in [-0.3, -0.25) is 4.79 Å². The molecular weight excluding hydrogens is 415 g/mol. The molecule has 0 bridgehead atoms. The summed E-state index contributed by atoms with van der Waals surface area (Å²) in [7, 11) is -4.10. The number of thiazole rings is 1. The number of rotatable bonds is 5. The molecule has 1 heterocycles. The van der Waals surface area contributed by atoms with Gasteiger partial charge in [-0.25, -0.2) is 4.39 Å². The van der Waals surface area contributed by atoms with E-state index in [4.69, 9.17) is 16.3 Å². The van der Waals surface area contributed by atoms with Crippen LogP contribution in [0.2, 0.25) is 5.02 Å². The fourth-order valence-electron chi connectivity index (χ4n) is 2.37. The van der Waals surface area contributed by atoms with E-state index in [2.05, 4.69) is 4.40 Å². The molecular formula is C17H14ClFN2O4S2. The zero-order valence-electron chi connectivity index (χ0n) is 14.1. The third kappa shape index (κ3) is 4.37. The molecule has 6 nitrogen and oxygen atoms in total. The normalized spacial score (nSPS) is 12.5. The molecule has 142 valence electrons. The van der Waals surface area contributed by atoms with Crippen molar-refractivity contribution in [1.29, 1.82) is 0 Å². The van der Waals surface area contributed by atoms with Gasteiger partial charge in [0.1, 0.15) is 12.4 Å². The Hall–Kier alpha value is -2.23. The summed E-state index contributed by atoms with van der Waals surface area (Å²) in [5, 5.41) is 0.472. The van der Waals surface area contributed by atoms with Gasteiger partial charge in [-0.1, -0.05) is 22.9 Å². The Morgan fingerprint density at radius 3 is 2.63 bits per heavy atom. The highest BCUT2D eigenvalue weighted by Crippen LogP contribution is 2.22. The summed E-state index contributed by atoms with van der Waals surface area (Å²) in [4.78, 5) is 11.9. The number of hydrogen-bond donors (Lipinski definition) is 0. The fourth-order valence-corrected chi connectivity index (χ4v) is 4.88. The predicted molar refractivity (Wildman–Crippen MR) is 101 cm³/mol. The number of fused-ring (bicyclic) bond motifs is 1. The molecule has 2 aromatic carbocycles. The Bertz CT molecular complexity index is 1170. The second-order valence-corrected chi connectivity index (χ2v) is 8.46. The van der Waals surface area contributed by atoms with Crippen molar-refractivity contribution in [3.8, 4) is 0 Å². The third-order valence-corrected chi connectivity index (χ3v) is 6.22. The minimum absolute atomic E-state index is 0.0876. The summed E-state index contributed by atoms with van der Waals surface area (Å²) in [6.07, 6.45) is 0. The summed E-state index contributed by atoms with van der Waals surface area (Å²) < 4.78 is 49.2. The average Bonchev–Trinajstić information content (AvgIpc) is 2.91. The quantitative estimate of drug-likeness (QED) is 0.584. The monoisotopic (exact) mass is 428 g/mol. The lowest BCUT2D eigenvalue weighted by Crippen LogP contribution is -2.23. The number of ether oxygens (including phenoxy) is 1. The molecule has 3 rings (SSSR count). The van der Waals surface area contributed by atoms with Gasteiger partial charge >= 0.3 is 5.97 Å². The third-order valence-electron chi connectivity index (χ3n) is 3.55. The summed E-state index contributed by atoms with van der Waals surface area (Å²) >= 11 is 7.07. The minimum Gasteiger partial charge on any atom is -0.465 e. The SMILES string of the molecule is CCOC(=O)Cn1/c(=N/S(=O)(=O)c2ccc(F)cc2)sc2cc(Cl)ccc21. The van der Waals surface area contributed by atoms with Crippen molar-refractivity contribution in [3.63, 3.8) is 0 Å². The Labute approximate surface area is 163 Å². The standard InChI is InChI=1S/C17H14ClFN2O4S2/c1-2-25-16(22)10-21-14-8-3-11(18)9-15(14)26-17(21)20-27(23,24)13-6-4-12(19)5-7-13/h3-9H,2,10H2,1H3/b20-17-. The number of sulfonamides is 1. The number of hydrogen-bond acceptors (Lipinski definition) is 5. The van der Waals surface area contributed by atoms with E-state index in [1.165, 1.54) is 4.57 Å². The zero-order chi connectivity index (χ0) is 19.6. The molecule has 0 unspecified atom stereocenters. The molecule has 0 atom stereocenters. The molecule has 1 aromatic heterocycles. The maximum atomic E-state index is 13.1. The Morgan fingerprint density at radius 2 is 1.96 bits per heavy atom. The van der Waals surface area contributed by atoms with Crippen molar-refractivity contribution in [3.05, 3.63) is 58.1 Å². The highest BCUT2D eigenvalue weighted by Gasteiger charge is 2.17. The van der Waals surface area contributed by atoms with Gasteiger partial charge in [0, 0.05) is 5.02 Å². The van der Waals surface area contributed by atoms with Gasteiger partial charge in [0.05, 0.1) is 21.7 Å². The average molecular weight is 429 g/mol. The molecule has 10 heteroatoms. The van der Waals surface area contributed by atoms with Crippen LogP contribution in [0.25, 0.3) is 10.2 Å². The number of carbonyl (C=O) groups is 1. The van der Waals surface area contributed by atoms with E-state index in [0.717, 1.165) is 35.6 Å². The predicted octanol–water partition coefficient (Wildman–Crippen LogP) is 3.35. The van der Waals surface area contributed by atoms with E-state index in [9.17, 15) is 17.6 Å². The Kier molecular flexibility index (Phi) is 5.64.